The third-order valence-electron chi connectivity index (χ3n) is 2.21. The first-order valence-electron chi connectivity index (χ1n) is 5.42. The summed E-state index contributed by atoms with van der Waals surface area (Å²) < 4.78 is 0. The second-order valence-electron chi connectivity index (χ2n) is 3.57. The quantitative estimate of drug-likeness (QED) is 0.432. The highest BCUT2D eigenvalue weighted by molar-refractivity contribution is 4.45. The molecule has 0 aromatic carbocycles. The van der Waals surface area contributed by atoms with Crippen molar-refractivity contribution in [3.05, 3.63) is 0 Å². The Morgan fingerprint density at radius 3 is 1.69 bits per heavy atom. The van der Waals surface area contributed by atoms with Crippen molar-refractivity contribution in [2.24, 2.45) is 0 Å². The van der Waals surface area contributed by atoms with E-state index >= 15 is 0 Å². The minimum absolute atomic E-state index is 0.275. The summed E-state index contributed by atoms with van der Waals surface area (Å²) in [6.45, 7) is 2.59. The van der Waals surface area contributed by atoms with Crippen molar-refractivity contribution >= 4 is 0 Å². The van der Waals surface area contributed by atoms with Gasteiger partial charge in [-0.25, -0.2) is 0 Å². The van der Waals surface area contributed by atoms with Crippen LogP contribution in [0.15, 0.2) is 0 Å². The molecule has 80 valence electrons. The first-order chi connectivity index (χ1) is 6.27. The van der Waals surface area contributed by atoms with E-state index in [4.69, 9.17) is 10.4 Å². The number of hydrogen-bond acceptors (Lipinski definition) is 3. The third kappa shape index (κ3) is 11.9. The summed E-state index contributed by atoms with van der Waals surface area (Å²) in [5, 5.41) is 17.1. The van der Waals surface area contributed by atoms with Gasteiger partial charge in [-0.05, 0) is 6.42 Å². The summed E-state index contributed by atoms with van der Waals surface area (Å²) >= 11 is 0. The van der Waals surface area contributed by atoms with Crippen LogP contribution in [0.4, 0.5) is 0 Å². The number of unbranched alkanes of at least 4 members (excludes halogenated alkanes) is 7. The van der Waals surface area contributed by atoms with Crippen molar-refractivity contribution in [2.45, 2.75) is 58.3 Å². The van der Waals surface area contributed by atoms with Crippen molar-refractivity contribution in [3.63, 3.8) is 0 Å². The first kappa shape index (κ1) is 12.9. The summed E-state index contributed by atoms with van der Waals surface area (Å²) in [7, 11) is 0. The Balaban J connectivity index is 2.84. The van der Waals surface area contributed by atoms with Gasteiger partial charge in [0.1, 0.15) is 0 Å². The van der Waals surface area contributed by atoms with Crippen LogP contribution < -0.4 is 0 Å². The van der Waals surface area contributed by atoms with Gasteiger partial charge in [0.2, 0.25) is 0 Å². The number of nitrogens with zero attached hydrogens (tertiary/aromatic N) is 1. The van der Waals surface area contributed by atoms with Crippen molar-refractivity contribution < 1.29 is 10.4 Å². The van der Waals surface area contributed by atoms with Crippen LogP contribution in [-0.4, -0.2) is 22.2 Å². The summed E-state index contributed by atoms with van der Waals surface area (Å²) in [5.74, 6) is 0. The first-order valence-corrected chi connectivity index (χ1v) is 5.42. The molecule has 2 N–H and O–H groups in total. The van der Waals surface area contributed by atoms with Gasteiger partial charge >= 0.3 is 0 Å². The van der Waals surface area contributed by atoms with Gasteiger partial charge in [0.05, 0.1) is 6.54 Å². The topological polar surface area (TPSA) is 43.7 Å². The van der Waals surface area contributed by atoms with Crippen molar-refractivity contribution in [1.82, 2.24) is 5.23 Å². The monoisotopic (exact) mass is 189 g/mol. The molecule has 0 aliphatic rings. The Kier molecular flexibility index (Phi) is 9.87. The minimum atomic E-state index is 0.275. The lowest BCUT2D eigenvalue weighted by atomic mass is 10.1. The predicted octanol–water partition coefficient (Wildman–Crippen LogP) is 3.21. The van der Waals surface area contributed by atoms with Gasteiger partial charge in [-0.2, -0.15) is 0 Å². The molecule has 13 heavy (non-hydrogen) atoms. The van der Waals surface area contributed by atoms with Gasteiger partial charge in [-0.1, -0.05) is 57.1 Å². The molecule has 0 saturated heterocycles. The standard InChI is InChI=1S/C10H23NO2/c1-2-3-4-5-6-7-8-9-10-11(12)13/h12-13H,2-10H2,1H3. The van der Waals surface area contributed by atoms with Gasteiger partial charge in [-0.15, -0.1) is 0 Å². The zero-order valence-electron chi connectivity index (χ0n) is 8.71. The van der Waals surface area contributed by atoms with E-state index in [0.29, 0.717) is 6.54 Å². The summed E-state index contributed by atoms with van der Waals surface area (Å²) in [6, 6.07) is 0. The molecule has 0 atom stereocenters. The van der Waals surface area contributed by atoms with E-state index in [1.165, 1.54) is 38.5 Å². The Morgan fingerprint density at radius 1 is 0.769 bits per heavy atom. The molecule has 0 unspecified atom stereocenters. The Bertz CT molecular complexity index is 96.9. The van der Waals surface area contributed by atoms with Crippen molar-refractivity contribution in [3.8, 4) is 0 Å². The zero-order chi connectivity index (χ0) is 9.94. The maximum atomic E-state index is 8.41. The zero-order valence-corrected chi connectivity index (χ0v) is 8.71. The molecule has 0 heterocycles. The highest BCUT2D eigenvalue weighted by Crippen LogP contribution is 2.08. The fraction of sp³-hybridized carbons (Fsp3) is 1.00. The second kappa shape index (κ2) is 9.96. The maximum absolute atomic E-state index is 8.41. The van der Waals surface area contributed by atoms with Gasteiger partial charge in [0, 0.05) is 0 Å². The van der Waals surface area contributed by atoms with E-state index in [9.17, 15) is 0 Å². The molecular weight excluding hydrogens is 166 g/mol. The lowest BCUT2D eigenvalue weighted by molar-refractivity contribution is -0.306. The van der Waals surface area contributed by atoms with Crippen LogP contribution in [-0.2, 0) is 0 Å². The van der Waals surface area contributed by atoms with Gasteiger partial charge < -0.3 is 0 Å². The lowest BCUT2D eigenvalue weighted by Gasteiger charge is -2.05. The molecule has 3 nitrogen and oxygen atoms in total. The highest BCUT2D eigenvalue weighted by atomic mass is 16.8. The van der Waals surface area contributed by atoms with Crippen LogP contribution in [0, 0.1) is 0 Å². The fourth-order valence-corrected chi connectivity index (χ4v) is 1.39. The van der Waals surface area contributed by atoms with E-state index < -0.39 is 0 Å². The fourth-order valence-electron chi connectivity index (χ4n) is 1.39. The van der Waals surface area contributed by atoms with E-state index in [1.807, 2.05) is 0 Å². The molecule has 0 fully saturated rings. The van der Waals surface area contributed by atoms with Gasteiger partial charge in [-0.3, -0.25) is 10.4 Å². The van der Waals surface area contributed by atoms with E-state index in [-0.39, 0.29) is 5.23 Å². The molecule has 0 saturated carbocycles. The van der Waals surface area contributed by atoms with Crippen LogP contribution in [0.3, 0.4) is 0 Å². The van der Waals surface area contributed by atoms with Crippen molar-refractivity contribution in [1.29, 1.82) is 0 Å². The largest absolute Gasteiger partial charge is 0.290 e. The summed E-state index contributed by atoms with van der Waals surface area (Å²) in [6.07, 6.45) is 9.81. The third-order valence-corrected chi connectivity index (χ3v) is 2.21. The highest BCUT2D eigenvalue weighted by Gasteiger charge is 1.94. The molecule has 0 aromatic heterocycles. The van der Waals surface area contributed by atoms with Crippen LogP contribution in [0.2, 0.25) is 0 Å². The maximum Gasteiger partial charge on any atom is 0.0512 e. The van der Waals surface area contributed by atoms with Crippen molar-refractivity contribution in [2.75, 3.05) is 6.54 Å². The van der Waals surface area contributed by atoms with Crippen LogP contribution in [0.1, 0.15) is 58.3 Å². The predicted molar refractivity (Wildman–Crippen MR) is 52.9 cm³/mol. The second-order valence-corrected chi connectivity index (χ2v) is 3.57. The van der Waals surface area contributed by atoms with Crippen LogP contribution in [0.5, 0.6) is 0 Å². The molecule has 3 heteroatoms. The van der Waals surface area contributed by atoms with E-state index in [0.717, 1.165) is 12.8 Å². The number of hydroxylamine groups is 2. The lowest BCUT2D eigenvalue weighted by Crippen LogP contribution is -2.14. The average Bonchev–Trinajstić information content (AvgIpc) is 2.09. The van der Waals surface area contributed by atoms with Gasteiger partial charge in [0.25, 0.3) is 0 Å². The number of hydrogen-bond donors (Lipinski definition) is 2. The van der Waals surface area contributed by atoms with E-state index in [2.05, 4.69) is 6.92 Å². The van der Waals surface area contributed by atoms with Crippen LogP contribution in [0.25, 0.3) is 0 Å². The Hall–Kier alpha value is -0.120. The molecule has 0 spiro atoms. The molecule has 0 rings (SSSR count). The SMILES string of the molecule is CCCCCCCCCCN(O)O. The molecule has 0 aliphatic heterocycles. The normalized spacial score (nSPS) is 11.1. The Labute approximate surface area is 81.3 Å². The minimum Gasteiger partial charge on any atom is -0.290 e. The summed E-state index contributed by atoms with van der Waals surface area (Å²) in [4.78, 5) is 0. The van der Waals surface area contributed by atoms with Crippen LogP contribution >= 0.6 is 0 Å². The average molecular weight is 189 g/mol. The molecule has 0 aliphatic carbocycles. The smallest absolute Gasteiger partial charge is 0.0512 e. The Morgan fingerprint density at radius 2 is 1.23 bits per heavy atom. The molecule has 0 aromatic rings. The van der Waals surface area contributed by atoms with Gasteiger partial charge in [0.15, 0.2) is 0 Å². The molecule has 0 amide bonds. The molecule has 0 bridgehead atoms. The molecule has 0 radical (unpaired) electrons. The van der Waals surface area contributed by atoms with E-state index in [1.54, 1.807) is 0 Å². The number of rotatable bonds is 9. The summed E-state index contributed by atoms with van der Waals surface area (Å²) in [5.41, 5.74) is 0. The molecular formula is C10H23NO2.